The minimum Gasteiger partial charge on any atom is -0.488 e. The first-order valence-corrected chi connectivity index (χ1v) is 4.63. The average Bonchev–Trinajstić information content (AvgIpc) is 2.29. The number of aromatic nitrogens is 2. The van der Waals surface area contributed by atoms with Crippen LogP contribution in [0.25, 0.3) is 11.0 Å². The Hall–Kier alpha value is -2.71. The zero-order chi connectivity index (χ0) is 13.4. The van der Waals surface area contributed by atoms with Crippen molar-refractivity contribution in [3.63, 3.8) is 0 Å². The number of fused-ring (bicyclic) bond motifs is 1. The van der Waals surface area contributed by atoms with Crippen molar-refractivity contribution in [2.24, 2.45) is 0 Å². The van der Waals surface area contributed by atoms with E-state index in [1.54, 1.807) is 0 Å². The van der Waals surface area contributed by atoms with E-state index < -0.39 is 33.3 Å². The molecule has 0 aliphatic rings. The molecule has 8 nitrogen and oxygen atoms in total. The Bertz CT molecular complexity index is 763. The molecule has 2 rings (SSSR count). The number of benzene rings is 1. The van der Waals surface area contributed by atoms with Gasteiger partial charge in [0.05, 0.1) is 17.5 Å². The van der Waals surface area contributed by atoms with E-state index in [9.17, 15) is 24.1 Å². The molecule has 2 N–H and O–H groups in total. The van der Waals surface area contributed by atoms with Crippen molar-refractivity contribution in [2.75, 3.05) is 7.11 Å². The summed E-state index contributed by atoms with van der Waals surface area (Å²) >= 11 is 0. The molecule has 0 radical (unpaired) electrons. The average molecular weight is 255 g/mol. The Morgan fingerprint density at radius 1 is 1.33 bits per heavy atom. The van der Waals surface area contributed by atoms with Gasteiger partial charge in [0.1, 0.15) is 5.52 Å². The lowest BCUT2D eigenvalue weighted by atomic mass is 10.2. The summed E-state index contributed by atoms with van der Waals surface area (Å²) in [6.07, 6.45) is 0. The standard InChI is InChI=1S/C9H6FN3O5/c1-18-7-3(10)2-4-5(6(7)13(16)17)12-9(15)8(14)11-4/h2H,1H3,(H,11,14)(H,12,15). The largest absolute Gasteiger partial charge is 0.488 e. The number of nitrogens with one attached hydrogen (secondary N) is 2. The van der Waals surface area contributed by atoms with E-state index in [1.165, 1.54) is 0 Å². The minimum atomic E-state index is -1.07. The zero-order valence-electron chi connectivity index (χ0n) is 8.94. The van der Waals surface area contributed by atoms with Gasteiger partial charge in [-0.15, -0.1) is 0 Å². The number of ether oxygens (including phenoxy) is 1. The third-order valence-corrected chi connectivity index (χ3v) is 2.29. The molecule has 0 aliphatic heterocycles. The van der Waals surface area contributed by atoms with E-state index in [0.717, 1.165) is 13.2 Å². The van der Waals surface area contributed by atoms with Crippen LogP contribution in [0.1, 0.15) is 0 Å². The fraction of sp³-hybridized carbons (Fsp3) is 0.111. The van der Waals surface area contributed by atoms with Crippen LogP contribution in [0.3, 0.4) is 0 Å². The summed E-state index contributed by atoms with van der Waals surface area (Å²) in [5.74, 6) is -1.63. The molecule has 1 heterocycles. The number of methoxy groups -OCH3 is 1. The third-order valence-electron chi connectivity index (χ3n) is 2.29. The van der Waals surface area contributed by atoms with E-state index in [1.807, 2.05) is 9.97 Å². The van der Waals surface area contributed by atoms with Crippen molar-refractivity contribution in [1.29, 1.82) is 0 Å². The summed E-state index contributed by atoms with van der Waals surface area (Å²) in [4.78, 5) is 36.2. The lowest BCUT2D eigenvalue weighted by Gasteiger charge is -2.05. The van der Waals surface area contributed by atoms with Gasteiger partial charge in [0.2, 0.25) is 5.75 Å². The third kappa shape index (κ3) is 1.61. The highest BCUT2D eigenvalue weighted by Gasteiger charge is 2.25. The maximum absolute atomic E-state index is 13.5. The fourth-order valence-electron chi connectivity index (χ4n) is 1.56. The van der Waals surface area contributed by atoms with Crippen LogP contribution in [0.2, 0.25) is 0 Å². The molecule has 2 aromatic rings. The van der Waals surface area contributed by atoms with Crippen LogP contribution in [0.4, 0.5) is 10.1 Å². The van der Waals surface area contributed by atoms with Crippen molar-refractivity contribution >= 4 is 16.7 Å². The molecule has 0 fully saturated rings. The van der Waals surface area contributed by atoms with Crippen molar-refractivity contribution in [3.05, 3.63) is 42.7 Å². The predicted molar refractivity (Wildman–Crippen MR) is 58.4 cm³/mol. The molecule has 94 valence electrons. The number of nitrogens with zero attached hydrogens (tertiary/aromatic N) is 1. The monoisotopic (exact) mass is 255 g/mol. The number of H-pyrrole nitrogens is 2. The number of hydrogen-bond donors (Lipinski definition) is 2. The van der Waals surface area contributed by atoms with Gasteiger partial charge in [-0.25, -0.2) is 4.39 Å². The number of nitro benzene ring substituents is 1. The fourth-order valence-corrected chi connectivity index (χ4v) is 1.56. The highest BCUT2D eigenvalue weighted by molar-refractivity contribution is 5.87. The number of halogens is 1. The van der Waals surface area contributed by atoms with Crippen LogP contribution < -0.4 is 15.9 Å². The molecule has 0 amide bonds. The number of nitro groups is 1. The summed E-state index contributed by atoms with van der Waals surface area (Å²) in [5.41, 5.74) is -3.34. The highest BCUT2D eigenvalue weighted by Crippen LogP contribution is 2.34. The summed E-state index contributed by atoms with van der Waals surface area (Å²) in [5, 5.41) is 10.9. The quantitative estimate of drug-likeness (QED) is 0.453. The molecule has 1 aromatic carbocycles. The van der Waals surface area contributed by atoms with Gasteiger partial charge < -0.3 is 14.7 Å². The van der Waals surface area contributed by atoms with E-state index in [0.29, 0.717) is 0 Å². The van der Waals surface area contributed by atoms with Gasteiger partial charge >= 0.3 is 16.8 Å². The van der Waals surface area contributed by atoms with Crippen LogP contribution in [0.15, 0.2) is 15.7 Å². The first kappa shape index (κ1) is 11.8. The molecule has 0 saturated carbocycles. The maximum atomic E-state index is 13.5. The number of hydrogen-bond acceptors (Lipinski definition) is 5. The Kier molecular flexibility index (Phi) is 2.58. The smallest absolute Gasteiger partial charge is 0.339 e. The SMILES string of the molecule is COc1c(F)cc2[nH]c(=O)c(=O)[nH]c2c1[N+](=O)[O-]. The molecule has 0 unspecified atom stereocenters. The molecule has 1 aromatic heterocycles. The number of aromatic amines is 2. The van der Waals surface area contributed by atoms with Crippen LogP contribution in [-0.2, 0) is 0 Å². The molecule has 18 heavy (non-hydrogen) atoms. The Balaban J connectivity index is 3.06. The van der Waals surface area contributed by atoms with Crippen LogP contribution in [0, 0.1) is 15.9 Å². The Labute approximate surface area is 97.2 Å². The van der Waals surface area contributed by atoms with Gasteiger partial charge in [0, 0.05) is 6.07 Å². The van der Waals surface area contributed by atoms with Gasteiger partial charge in [-0.2, -0.15) is 0 Å². The van der Waals surface area contributed by atoms with E-state index >= 15 is 0 Å². The second kappa shape index (κ2) is 3.95. The first-order valence-electron chi connectivity index (χ1n) is 4.63. The normalized spacial score (nSPS) is 10.6. The first-order chi connectivity index (χ1) is 8.45. The molecule has 0 saturated heterocycles. The second-order valence-corrected chi connectivity index (χ2v) is 3.33. The van der Waals surface area contributed by atoms with E-state index in [2.05, 4.69) is 4.74 Å². The predicted octanol–water partition coefficient (Wildman–Crippen LogP) is 0.272. The summed E-state index contributed by atoms with van der Waals surface area (Å²) < 4.78 is 18.1. The maximum Gasteiger partial charge on any atom is 0.339 e. The second-order valence-electron chi connectivity index (χ2n) is 3.33. The lowest BCUT2D eigenvalue weighted by Crippen LogP contribution is -2.29. The van der Waals surface area contributed by atoms with Gasteiger partial charge in [0.15, 0.2) is 5.82 Å². The van der Waals surface area contributed by atoms with Crippen LogP contribution in [-0.4, -0.2) is 22.0 Å². The topological polar surface area (TPSA) is 118 Å². The lowest BCUT2D eigenvalue weighted by molar-refractivity contribution is -0.384. The van der Waals surface area contributed by atoms with Crippen molar-refractivity contribution in [2.45, 2.75) is 0 Å². The van der Waals surface area contributed by atoms with Gasteiger partial charge in [-0.1, -0.05) is 0 Å². The Morgan fingerprint density at radius 2 is 1.94 bits per heavy atom. The zero-order valence-corrected chi connectivity index (χ0v) is 8.94. The van der Waals surface area contributed by atoms with Crippen molar-refractivity contribution in [3.8, 4) is 5.75 Å². The van der Waals surface area contributed by atoms with Gasteiger partial charge in [0.25, 0.3) is 0 Å². The molecule has 0 atom stereocenters. The molecule has 0 spiro atoms. The summed E-state index contributed by atoms with van der Waals surface area (Å²) in [6, 6.07) is 0.832. The summed E-state index contributed by atoms with van der Waals surface area (Å²) in [7, 11) is 1.06. The van der Waals surface area contributed by atoms with Crippen LogP contribution in [0.5, 0.6) is 5.75 Å². The molecular weight excluding hydrogens is 249 g/mol. The molecule has 0 bridgehead atoms. The van der Waals surface area contributed by atoms with Crippen molar-refractivity contribution in [1.82, 2.24) is 9.97 Å². The van der Waals surface area contributed by atoms with Gasteiger partial charge in [-0.3, -0.25) is 19.7 Å². The Morgan fingerprint density at radius 3 is 2.50 bits per heavy atom. The van der Waals surface area contributed by atoms with E-state index in [-0.39, 0.29) is 11.0 Å². The van der Waals surface area contributed by atoms with Crippen LogP contribution >= 0.6 is 0 Å². The molecule has 0 aliphatic carbocycles. The van der Waals surface area contributed by atoms with Crippen molar-refractivity contribution < 1.29 is 14.1 Å². The number of rotatable bonds is 2. The molecule has 9 heteroatoms. The van der Waals surface area contributed by atoms with Gasteiger partial charge in [-0.05, 0) is 0 Å². The minimum absolute atomic E-state index is 0.190. The molecular formula is C9H6FN3O5. The summed E-state index contributed by atoms with van der Waals surface area (Å²) in [6.45, 7) is 0. The van der Waals surface area contributed by atoms with E-state index in [4.69, 9.17) is 0 Å². The highest BCUT2D eigenvalue weighted by atomic mass is 19.1.